The molecule has 6 heteroatoms. The Morgan fingerprint density at radius 3 is 2.25 bits per heavy atom. The average Bonchev–Trinajstić information content (AvgIpc) is 2.62. The summed E-state index contributed by atoms with van der Waals surface area (Å²) in [5, 5.41) is 10.5. The van der Waals surface area contributed by atoms with Crippen LogP contribution in [0.2, 0.25) is 0 Å². The molecule has 0 saturated heterocycles. The lowest BCUT2D eigenvalue weighted by Gasteiger charge is -2.11. The third-order valence-electron chi connectivity index (χ3n) is 3.57. The van der Waals surface area contributed by atoms with Gasteiger partial charge in [0.1, 0.15) is 11.5 Å². The third-order valence-corrected chi connectivity index (χ3v) is 3.57. The fourth-order valence-corrected chi connectivity index (χ4v) is 2.39. The zero-order valence-electron chi connectivity index (χ0n) is 12.5. The van der Waals surface area contributed by atoms with Gasteiger partial charge in [0.05, 0.1) is 5.56 Å². The van der Waals surface area contributed by atoms with Crippen LogP contribution in [0.15, 0.2) is 60.7 Å². The van der Waals surface area contributed by atoms with E-state index in [4.69, 9.17) is 10.6 Å². The summed E-state index contributed by atoms with van der Waals surface area (Å²) in [5.74, 6) is 4.60. The highest BCUT2D eigenvalue weighted by Crippen LogP contribution is 2.29. The van der Waals surface area contributed by atoms with E-state index < -0.39 is 11.9 Å². The number of hydrogen-bond donors (Lipinski definition) is 3. The molecule has 0 radical (unpaired) electrons. The summed E-state index contributed by atoms with van der Waals surface area (Å²) in [5.41, 5.74) is 2.79. The molecule has 120 valence electrons. The largest absolute Gasteiger partial charge is 0.508 e. The highest BCUT2D eigenvalue weighted by Gasteiger charge is 2.15. The Hall–Kier alpha value is -3.38. The number of hydrogen-bond acceptors (Lipinski definition) is 5. The molecule has 4 N–H and O–H groups in total. The predicted octanol–water partition coefficient (Wildman–Crippen LogP) is 2.37. The van der Waals surface area contributed by atoms with Gasteiger partial charge in [-0.2, -0.15) is 0 Å². The maximum Gasteiger partial charge on any atom is 0.343 e. The van der Waals surface area contributed by atoms with Gasteiger partial charge in [0, 0.05) is 10.9 Å². The third kappa shape index (κ3) is 2.90. The van der Waals surface area contributed by atoms with Crippen molar-refractivity contribution in [3.05, 3.63) is 71.8 Å². The Bertz CT molecular complexity index is 920. The van der Waals surface area contributed by atoms with Crippen LogP contribution in [0.25, 0.3) is 10.8 Å². The van der Waals surface area contributed by atoms with Gasteiger partial charge in [0.25, 0.3) is 5.91 Å². The van der Waals surface area contributed by atoms with E-state index in [1.807, 2.05) is 0 Å². The van der Waals surface area contributed by atoms with Crippen LogP contribution in [0.5, 0.6) is 11.5 Å². The van der Waals surface area contributed by atoms with E-state index in [1.165, 1.54) is 24.3 Å². The molecule has 0 heterocycles. The number of phenols is 1. The van der Waals surface area contributed by atoms with Gasteiger partial charge in [-0.15, -0.1) is 0 Å². The zero-order chi connectivity index (χ0) is 17.1. The first-order valence-electron chi connectivity index (χ1n) is 7.14. The van der Waals surface area contributed by atoms with Crippen LogP contribution in [0, 0.1) is 0 Å². The van der Waals surface area contributed by atoms with Crippen LogP contribution in [0.4, 0.5) is 0 Å². The normalized spacial score (nSPS) is 10.4. The topological polar surface area (TPSA) is 102 Å². The highest BCUT2D eigenvalue weighted by atomic mass is 16.5. The molecule has 0 saturated carbocycles. The summed E-state index contributed by atoms with van der Waals surface area (Å²) in [4.78, 5) is 24.1. The lowest BCUT2D eigenvalue weighted by molar-refractivity contribution is 0.0737. The number of nitrogens with one attached hydrogen (secondary N) is 1. The number of nitrogens with two attached hydrogens (primary N) is 1. The highest BCUT2D eigenvalue weighted by molar-refractivity contribution is 6.09. The number of phenolic OH excluding ortho intramolecular Hbond substituents is 1. The number of esters is 1. The van der Waals surface area contributed by atoms with Crippen molar-refractivity contribution in [3.63, 3.8) is 0 Å². The molecule has 3 aromatic carbocycles. The summed E-state index contributed by atoms with van der Waals surface area (Å²) in [7, 11) is 0. The van der Waals surface area contributed by atoms with Gasteiger partial charge in [-0.3, -0.25) is 10.2 Å². The van der Waals surface area contributed by atoms with Crippen molar-refractivity contribution in [1.82, 2.24) is 5.43 Å². The van der Waals surface area contributed by atoms with Gasteiger partial charge < -0.3 is 9.84 Å². The molecule has 0 spiro atoms. The molecule has 0 aliphatic carbocycles. The minimum atomic E-state index is -0.559. The summed E-state index contributed by atoms with van der Waals surface area (Å²) in [6.07, 6.45) is 0. The van der Waals surface area contributed by atoms with Crippen LogP contribution >= 0.6 is 0 Å². The van der Waals surface area contributed by atoms with Crippen LogP contribution in [0.1, 0.15) is 20.7 Å². The second-order valence-corrected chi connectivity index (χ2v) is 5.07. The first-order valence-corrected chi connectivity index (χ1v) is 7.14. The molecule has 0 bridgehead atoms. The maximum atomic E-state index is 12.2. The van der Waals surface area contributed by atoms with Crippen molar-refractivity contribution < 1.29 is 19.4 Å². The lowest BCUT2D eigenvalue weighted by Crippen LogP contribution is -2.30. The number of aromatic hydroxyl groups is 1. The molecule has 6 nitrogen and oxygen atoms in total. The van der Waals surface area contributed by atoms with Gasteiger partial charge >= 0.3 is 5.97 Å². The minimum absolute atomic E-state index is 0.0640. The molecule has 0 aromatic heterocycles. The molecule has 0 fully saturated rings. The first-order chi connectivity index (χ1) is 11.6. The van der Waals surface area contributed by atoms with E-state index in [-0.39, 0.29) is 5.75 Å². The van der Waals surface area contributed by atoms with Gasteiger partial charge in [-0.1, -0.05) is 24.3 Å². The molecule has 0 unspecified atom stereocenters. The van der Waals surface area contributed by atoms with Crippen molar-refractivity contribution in [3.8, 4) is 11.5 Å². The maximum absolute atomic E-state index is 12.2. The number of ether oxygens (including phenoxy) is 1. The SMILES string of the molecule is NNC(=O)c1ccc(OC(=O)c2ccc(O)cc2)c2ccccc12. The van der Waals surface area contributed by atoms with Gasteiger partial charge in [-0.05, 0) is 41.8 Å². The monoisotopic (exact) mass is 322 g/mol. The van der Waals surface area contributed by atoms with Crippen LogP contribution in [-0.4, -0.2) is 17.0 Å². The second-order valence-electron chi connectivity index (χ2n) is 5.07. The Labute approximate surface area is 137 Å². The minimum Gasteiger partial charge on any atom is -0.508 e. The fourth-order valence-electron chi connectivity index (χ4n) is 2.39. The van der Waals surface area contributed by atoms with Crippen molar-refractivity contribution in [2.75, 3.05) is 0 Å². The molecule has 3 rings (SSSR count). The Morgan fingerprint density at radius 2 is 1.58 bits per heavy atom. The smallest absolute Gasteiger partial charge is 0.343 e. The fraction of sp³-hybridized carbons (Fsp3) is 0. The number of benzene rings is 3. The molecule has 0 aliphatic rings. The van der Waals surface area contributed by atoms with Crippen molar-refractivity contribution in [2.24, 2.45) is 5.84 Å². The number of fused-ring (bicyclic) bond motifs is 1. The molecular weight excluding hydrogens is 308 g/mol. The summed E-state index contributed by atoms with van der Waals surface area (Å²) >= 11 is 0. The molecule has 24 heavy (non-hydrogen) atoms. The number of nitrogen functional groups attached to an aromatic ring is 1. The molecule has 0 atom stereocenters. The number of rotatable bonds is 3. The van der Waals surface area contributed by atoms with Crippen LogP contribution < -0.4 is 16.0 Å². The Kier molecular flexibility index (Phi) is 4.13. The van der Waals surface area contributed by atoms with E-state index >= 15 is 0 Å². The van der Waals surface area contributed by atoms with E-state index in [9.17, 15) is 14.7 Å². The predicted molar refractivity (Wildman–Crippen MR) is 88.7 cm³/mol. The molecule has 3 aromatic rings. The second kappa shape index (κ2) is 6.39. The number of carbonyl (C=O) groups is 2. The van der Waals surface area contributed by atoms with Gasteiger partial charge in [0.2, 0.25) is 0 Å². The van der Waals surface area contributed by atoms with E-state index in [0.717, 1.165) is 0 Å². The molecule has 1 amide bonds. The summed E-state index contributed by atoms with van der Waals surface area (Å²) < 4.78 is 5.44. The van der Waals surface area contributed by atoms with Crippen molar-refractivity contribution in [2.45, 2.75) is 0 Å². The molecular formula is C18H14N2O4. The van der Waals surface area contributed by atoms with E-state index in [0.29, 0.717) is 27.6 Å². The molecule has 0 aliphatic heterocycles. The standard InChI is InChI=1S/C18H14N2O4/c19-20-17(22)15-9-10-16(14-4-2-1-3-13(14)15)24-18(23)11-5-7-12(21)8-6-11/h1-10,21H,19H2,(H,20,22). The quantitative estimate of drug-likeness (QED) is 0.226. The van der Waals surface area contributed by atoms with E-state index in [1.54, 1.807) is 36.4 Å². The number of carbonyl (C=O) groups excluding carboxylic acids is 2. The van der Waals surface area contributed by atoms with E-state index in [2.05, 4.69) is 5.43 Å². The number of hydrazine groups is 1. The van der Waals surface area contributed by atoms with Gasteiger partial charge in [-0.25, -0.2) is 10.6 Å². The van der Waals surface area contributed by atoms with Crippen LogP contribution in [0.3, 0.4) is 0 Å². The number of amides is 1. The lowest BCUT2D eigenvalue weighted by atomic mass is 10.0. The Balaban J connectivity index is 2.00. The Morgan fingerprint density at radius 1 is 0.917 bits per heavy atom. The van der Waals surface area contributed by atoms with Crippen molar-refractivity contribution in [1.29, 1.82) is 0 Å². The summed E-state index contributed by atoms with van der Waals surface area (Å²) in [6, 6.07) is 15.9. The van der Waals surface area contributed by atoms with Crippen LogP contribution in [-0.2, 0) is 0 Å². The van der Waals surface area contributed by atoms with Gasteiger partial charge in [0.15, 0.2) is 0 Å². The van der Waals surface area contributed by atoms with Crippen molar-refractivity contribution >= 4 is 22.6 Å². The zero-order valence-corrected chi connectivity index (χ0v) is 12.5. The summed E-state index contributed by atoms with van der Waals surface area (Å²) in [6.45, 7) is 0. The first kappa shape index (κ1) is 15.5. The average molecular weight is 322 g/mol.